The van der Waals surface area contributed by atoms with Crippen LogP contribution in [0.4, 0.5) is 0 Å². The number of hydrogen-bond donors (Lipinski definition) is 0. The van der Waals surface area contributed by atoms with Crippen molar-refractivity contribution in [2.24, 2.45) is 0 Å². The first-order valence-corrected chi connectivity index (χ1v) is 7.23. The SMILES string of the molecule is Clc1ccc(-c2nnc(-c3ccc(Br)cc3)o2)c(Cl)c1. The zero-order valence-electron chi connectivity index (χ0n) is 9.98. The first kappa shape index (κ1) is 13.6. The van der Waals surface area contributed by atoms with E-state index in [-0.39, 0.29) is 0 Å². The standard InChI is InChI=1S/C14H7BrCl2N2O/c15-9-3-1-8(2-4-9)13-18-19-14(20-13)11-6-5-10(16)7-12(11)17/h1-7H. The number of halogens is 3. The molecular weight excluding hydrogens is 363 g/mol. The van der Waals surface area contributed by atoms with Crippen molar-refractivity contribution in [2.75, 3.05) is 0 Å². The zero-order chi connectivity index (χ0) is 14.1. The van der Waals surface area contributed by atoms with Crippen LogP contribution in [0.2, 0.25) is 10.0 Å². The molecule has 20 heavy (non-hydrogen) atoms. The molecule has 0 saturated heterocycles. The Labute approximate surface area is 133 Å². The summed E-state index contributed by atoms with van der Waals surface area (Å²) in [5.41, 5.74) is 1.50. The van der Waals surface area contributed by atoms with Crippen LogP contribution in [0.25, 0.3) is 22.9 Å². The smallest absolute Gasteiger partial charge is 0.249 e. The number of hydrogen-bond acceptors (Lipinski definition) is 3. The molecule has 0 saturated carbocycles. The Kier molecular flexibility index (Phi) is 3.78. The summed E-state index contributed by atoms with van der Waals surface area (Å²) >= 11 is 15.4. The van der Waals surface area contributed by atoms with Crippen LogP contribution in [0.15, 0.2) is 51.4 Å². The highest BCUT2D eigenvalue weighted by Crippen LogP contribution is 2.31. The van der Waals surface area contributed by atoms with Crippen molar-refractivity contribution in [2.45, 2.75) is 0 Å². The van der Waals surface area contributed by atoms with Gasteiger partial charge >= 0.3 is 0 Å². The first-order valence-electron chi connectivity index (χ1n) is 5.68. The summed E-state index contributed by atoms with van der Waals surface area (Å²) in [6, 6.07) is 12.7. The van der Waals surface area contributed by atoms with Gasteiger partial charge in [0.1, 0.15) is 0 Å². The summed E-state index contributed by atoms with van der Waals surface area (Å²) < 4.78 is 6.64. The molecule has 1 heterocycles. The summed E-state index contributed by atoms with van der Waals surface area (Å²) in [6.45, 7) is 0. The average Bonchev–Trinajstić information content (AvgIpc) is 2.89. The van der Waals surface area contributed by atoms with Gasteiger partial charge in [-0.05, 0) is 42.5 Å². The van der Waals surface area contributed by atoms with Crippen LogP contribution in [-0.2, 0) is 0 Å². The largest absolute Gasteiger partial charge is 0.416 e. The van der Waals surface area contributed by atoms with Crippen LogP contribution in [0.5, 0.6) is 0 Å². The van der Waals surface area contributed by atoms with E-state index in [0.717, 1.165) is 10.0 Å². The second kappa shape index (κ2) is 5.56. The lowest BCUT2D eigenvalue weighted by Crippen LogP contribution is -1.79. The lowest BCUT2D eigenvalue weighted by Gasteiger charge is -1.99. The minimum absolute atomic E-state index is 0.365. The van der Waals surface area contributed by atoms with E-state index < -0.39 is 0 Å². The number of aromatic nitrogens is 2. The van der Waals surface area contributed by atoms with E-state index >= 15 is 0 Å². The van der Waals surface area contributed by atoms with Crippen molar-refractivity contribution in [3.05, 3.63) is 57.0 Å². The summed E-state index contributed by atoms with van der Waals surface area (Å²) in [5, 5.41) is 9.09. The van der Waals surface area contributed by atoms with Crippen molar-refractivity contribution in [1.82, 2.24) is 10.2 Å². The highest BCUT2D eigenvalue weighted by atomic mass is 79.9. The Morgan fingerprint density at radius 3 is 2.30 bits per heavy atom. The molecule has 0 spiro atoms. The molecule has 3 aromatic rings. The van der Waals surface area contributed by atoms with Crippen molar-refractivity contribution in [3.8, 4) is 22.9 Å². The van der Waals surface area contributed by atoms with Crippen LogP contribution in [0.3, 0.4) is 0 Å². The van der Waals surface area contributed by atoms with Crippen molar-refractivity contribution < 1.29 is 4.42 Å². The van der Waals surface area contributed by atoms with Gasteiger partial charge in [-0.25, -0.2) is 0 Å². The van der Waals surface area contributed by atoms with E-state index in [1.165, 1.54) is 0 Å². The molecule has 1 aromatic heterocycles. The predicted molar refractivity (Wildman–Crippen MR) is 82.9 cm³/mol. The van der Waals surface area contributed by atoms with Gasteiger partial charge < -0.3 is 4.42 Å². The molecule has 0 aliphatic heterocycles. The fourth-order valence-corrected chi connectivity index (χ4v) is 2.46. The quantitative estimate of drug-likeness (QED) is 0.600. The Hall–Kier alpha value is -1.36. The molecule has 3 rings (SSSR count). The molecule has 100 valence electrons. The van der Waals surface area contributed by atoms with Gasteiger partial charge in [0, 0.05) is 15.1 Å². The third kappa shape index (κ3) is 2.73. The molecule has 0 fully saturated rings. The average molecular weight is 370 g/mol. The third-order valence-electron chi connectivity index (χ3n) is 2.68. The molecule has 2 aromatic carbocycles. The second-order valence-corrected chi connectivity index (χ2v) is 5.80. The van der Waals surface area contributed by atoms with Gasteiger partial charge in [-0.1, -0.05) is 39.1 Å². The van der Waals surface area contributed by atoms with Crippen LogP contribution in [0, 0.1) is 0 Å². The van der Waals surface area contributed by atoms with Crippen LogP contribution >= 0.6 is 39.1 Å². The summed E-state index contributed by atoms with van der Waals surface area (Å²) in [7, 11) is 0. The van der Waals surface area contributed by atoms with Gasteiger partial charge in [0.05, 0.1) is 10.6 Å². The fourth-order valence-electron chi connectivity index (χ4n) is 1.70. The topological polar surface area (TPSA) is 38.9 Å². The van der Waals surface area contributed by atoms with E-state index in [4.69, 9.17) is 27.6 Å². The molecule has 0 radical (unpaired) electrons. The minimum Gasteiger partial charge on any atom is -0.416 e. The zero-order valence-corrected chi connectivity index (χ0v) is 13.1. The fraction of sp³-hybridized carbons (Fsp3) is 0. The Morgan fingerprint density at radius 1 is 0.900 bits per heavy atom. The van der Waals surface area contributed by atoms with Gasteiger partial charge in [-0.15, -0.1) is 10.2 Å². The number of benzene rings is 2. The highest BCUT2D eigenvalue weighted by molar-refractivity contribution is 9.10. The molecule has 0 unspecified atom stereocenters. The predicted octanol–water partition coefficient (Wildman–Crippen LogP) is 5.47. The van der Waals surface area contributed by atoms with Crippen LogP contribution in [-0.4, -0.2) is 10.2 Å². The van der Waals surface area contributed by atoms with Crippen LogP contribution in [0.1, 0.15) is 0 Å². The number of rotatable bonds is 2. The summed E-state index contributed by atoms with van der Waals surface area (Å²) in [6.07, 6.45) is 0. The van der Waals surface area contributed by atoms with Crippen LogP contribution < -0.4 is 0 Å². The van der Waals surface area contributed by atoms with Gasteiger partial charge in [-0.2, -0.15) is 0 Å². The van der Waals surface area contributed by atoms with Crippen molar-refractivity contribution in [1.29, 1.82) is 0 Å². The Morgan fingerprint density at radius 2 is 1.60 bits per heavy atom. The molecule has 0 amide bonds. The maximum absolute atomic E-state index is 6.12. The van der Waals surface area contributed by atoms with Gasteiger partial charge in [0.2, 0.25) is 11.8 Å². The van der Waals surface area contributed by atoms with E-state index in [1.54, 1.807) is 18.2 Å². The van der Waals surface area contributed by atoms with Crippen molar-refractivity contribution >= 4 is 39.1 Å². The van der Waals surface area contributed by atoms with E-state index in [2.05, 4.69) is 26.1 Å². The molecular formula is C14H7BrCl2N2O. The second-order valence-electron chi connectivity index (χ2n) is 4.04. The Balaban J connectivity index is 1.99. The summed E-state index contributed by atoms with van der Waals surface area (Å²) in [4.78, 5) is 0. The van der Waals surface area contributed by atoms with E-state index in [1.807, 2.05) is 24.3 Å². The molecule has 0 atom stereocenters. The molecule has 0 N–H and O–H groups in total. The molecule has 0 aliphatic rings. The van der Waals surface area contributed by atoms with E-state index in [0.29, 0.717) is 27.4 Å². The molecule has 6 heteroatoms. The maximum Gasteiger partial charge on any atom is 0.249 e. The lowest BCUT2D eigenvalue weighted by molar-refractivity contribution is 0.584. The first-order chi connectivity index (χ1) is 9.63. The molecule has 0 aliphatic carbocycles. The van der Waals surface area contributed by atoms with Gasteiger partial charge in [-0.3, -0.25) is 0 Å². The Bertz CT molecular complexity index is 756. The highest BCUT2D eigenvalue weighted by Gasteiger charge is 2.13. The normalized spacial score (nSPS) is 10.8. The lowest BCUT2D eigenvalue weighted by atomic mass is 10.2. The number of nitrogens with zero attached hydrogens (tertiary/aromatic N) is 2. The van der Waals surface area contributed by atoms with E-state index in [9.17, 15) is 0 Å². The maximum atomic E-state index is 6.12. The minimum atomic E-state index is 0.365. The molecule has 0 bridgehead atoms. The van der Waals surface area contributed by atoms with Gasteiger partial charge in [0.25, 0.3) is 0 Å². The third-order valence-corrected chi connectivity index (χ3v) is 3.75. The summed E-state index contributed by atoms with van der Waals surface area (Å²) in [5.74, 6) is 0.808. The van der Waals surface area contributed by atoms with Gasteiger partial charge in [0.15, 0.2) is 0 Å². The monoisotopic (exact) mass is 368 g/mol. The molecule has 3 nitrogen and oxygen atoms in total. The van der Waals surface area contributed by atoms with Crippen molar-refractivity contribution in [3.63, 3.8) is 0 Å².